The van der Waals surface area contributed by atoms with Gasteiger partial charge in [0.2, 0.25) is 0 Å². The zero-order chi connectivity index (χ0) is 21.4. The van der Waals surface area contributed by atoms with E-state index in [-0.39, 0.29) is 17.8 Å². The Bertz CT molecular complexity index is 1130. The SMILES string of the molecule is O=C(NC1(c2ccc3c(n2)CCC[C@H]3Oc2cccc(Cl)c2)CC1)c1ccc(F)cc1. The number of benzene rings is 2. The normalized spacial score (nSPS) is 18.7. The summed E-state index contributed by atoms with van der Waals surface area (Å²) in [5.74, 6) is 0.183. The van der Waals surface area contributed by atoms with Crippen molar-refractivity contribution in [2.45, 2.75) is 43.7 Å². The van der Waals surface area contributed by atoms with Crippen molar-refractivity contribution < 1.29 is 13.9 Å². The quantitative estimate of drug-likeness (QED) is 0.554. The number of hydrogen-bond donors (Lipinski definition) is 1. The lowest BCUT2D eigenvalue weighted by Crippen LogP contribution is -2.36. The minimum atomic E-state index is -0.443. The van der Waals surface area contributed by atoms with E-state index in [0.717, 1.165) is 54.8 Å². The maximum Gasteiger partial charge on any atom is 0.252 e. The summed E-state index contributed by atoms with van der Waals surface area (Å²) in [6.45, 7) is 0. The number of amides is 1. The number of hydrogen-bond acceptors (Lipinski definition) is 3. The molecule has 1 aromatic heterocycles. The van der Waals surface area contributed by atoms with Gasteiger partial charge in [-0.3, -0.25) is 9.78 Å². The third-order valence-electron chi connectivity index (χ3n) is 6.01. The monoisotopic (exact) mass is 436 g/mol. The van der Waals surface area contributed by atoms with Crippen molar-refractivity contribution in [3.63, 3.8) is 0 Å². The molecule has 1 heterocycles. The molecule has 0 saturated heterocycles. The number of rotatable bonds is 5. The summed E-state index contributed by atoms with van der Waals surface area (Å²) in [5.41, 5.74) is 3.00. The molecule has 0 aliphatic heterocycles. The Morgan fingerprint density at radius 2 is 1.94 bits per heavy atom. The van der Waals surface area contributed by atoms with Crippen LogP contribution in [0, 0.1) is 5.82 Å². The van der Waals surface area contributed by atoms with Crippen molar-refractivity contribution in [3.05, 3.63) is 94.0 Å². The number of aromatic nitrogens is 1. The Labute approximate surface area is 185 Å². The number of carbonyl (C=O) groups is 1. The van der Waals surface area contributed by atoms with Crippen LogP contribution in [0.5, 0.6) is 5.75 Å². The van der Waals surface area contributed by atoms with Crippen LogP contribution < -0.4 is 10.1 Å². The van der Waals surface area contributed by atoms with Crippen molar-refractivity contribution in [2.75, 3.05) is 0 Å². The molecule has 0 radical (unpaired) electrons. The van der Waals surface area contributed by atoms with E-state index in [1.807, 2.05) is 30.3 Å². The van der Waals surface area contributed by atoms with Crippen LogP contribution in [0.15, 0.2) is 60.7 Å². The summed E-state index contributed by atoms with van der Waals surface area (Å²) >= 11 is 6.09. The van der Waals surface area contributed by atoms with E-state index in [0.29, 0.717) is 10.6 Å². The maximum absolute atomic E-state index is 13.2. The Morgan fingerprint density at radius 3 is 2.68 bits per heavy atom. The van der Waals surface area contributed by atoms with Gasteiger partial charge in [-0.25, -0.2) is 4.39 Å². The van der Waals surface area contributed by atoms with Crippen LogP contribution in [0.3, 0.4) is 0 Å². The topological polar surface area (TPSA) is 51.2 Å². The summed E-state index contributed by atoms with van der Waals surface area (Å²) in [4.78, 5) is 17.6. The third-order valence-corrected chi connectivity index (χ3v) is 6.25. The van der Waals surface area contributed by atoms with E-state index >= 15 is 0 Å². The third kappa shape index (κ3) is 4.15. The molecular weight excluding hydrogens is 415 g/mol. The lowest BCUT2D eigenvalue weighted by atomic mass is 9.92. The van der Waals surface area contributed by atoms with Crippen LogP contribution >= 0.6 is 11.6 Å². The van der Waals surface area contributed by atoms with Gasteiger partial charge in [-0.05, 0) is 80.6 Å². The molecule has 158 valence electrons. The Balaban J connectivity index is 1.36. The fourth-order valence-corrected chi connectivity index (χ4v) is 4.35. The Morgan fingerprint density at radius 1 is 1.13 bits per heavy atom. The number of aryl methyl sites for hydroxylation is 1. The summed E-state index contributed by atoms with van der Waals surface area (Å²) in [5, 5.41) is 3.76. The number of pyridine rings is 1. The second-order valence-electron chi connectivity index (χ2n) is 8.23. The summed E-state index contributed by atoms with van der Waals surface area (Å²) < 4.78 is 19.4. The molecule has 0 bridgehead atoms. The predicted molar refractivity (Wildman–Crippen MR) is 117 cm³/mol. The fourth-order valence-electron chi connectivity index (χ4n) is 4.17. The first-order valence-electron chi connectivity index (χ1n) is 10.5. The van der Waals surface area contributed by atoms with Gasteiger partial charge in [0.05, 0.1) is 11.2 Å². The van der Waals surface area contributed by atoms with Gasteiger partial charge in [0.1, 0.15) is 17.7 Å². The maximum atomic E-state index is 13.2. The number of fused-ring (bicyclic) bond motifs is 1. The highest BCUT2D eigenvalue weighted by molar-refractivity contribution is 6.30. The first-order chi connectivity index (χ1) is 15.0. The highest BCUT2D eigenvalue weighted by Gasteiger charge is 2.47. The second-order valence-corrected chi connectivity index (χ2v) is 8.67. The molecule has 6 heteroatoms. The van der Waals surface area contributed by atoms with Crippen LogP contribution in [0.4, 0.5) is 4.39 Å². The lowest BCUT2D eigenvalue weighted by molar-refractivity contribution is 0.0929. The first-order valence-corrected chi connectivity index (χ1v) is 10.9. The smallest absolute Gasteiger partial charge is 0.252 e. The van der Waals surface area contributed by atoms with Crippen molar-refractivity contribution >= 4 is 17.5 Å². The number of nitrogens with zero attached hydrogens (tertiary/aromatic N) is 1. The molecule has 0 unspecified atom stereocenters. The van der Waals surface area contributed by atoms with Crippen molar-refractivity contribution in [3.8, 4) is 5.75 Å². The van der Waals surface area contributed by atoms with E-state index in [1.165, 1.54) is 24.3 Å². The molecule has 4 nitrogen and oxygen atoms in total. The zero-order valence-electron chi connectivity index (χ0n) is 16.9. The van der Waals surface area contributed by atoms with Crippen LogP contribution in [0.1, 0.15) is 59.1 Å². The van der Waals surface area contributed by atoms with Crippen molar-refractivity contribution in [1.29, 1.82) is 0 Å². The molecule has 2 aromatic carbocycles. The number of ether oxygens (including phenoxy) is 1. The molecule has 1 saturated carbocycles. The molecule has 1 fully saturated rings. The second kappa shape index (κ2) is 7.97. The molecule has 3 aromatic rings. The predicted octanol–water partition coefficient (Wildman–Crippen LogP) is 5.75. The van der Waals surface area contributed by atoms with E-state index in [4.69, 9.17) is 21.3 Å². The highest BCUT2D eigenvalue weighted by atomic mass is 35.5. The van der Waals surface area contributed by atoms with Crippen LogP contribution in [0.2, 0.25) is 5.02 Å². The molecule has 1 atom stereocenters. The molecule has 31 heavy (non-hydrogen) atoms. The van der Waals surface area contributed by atoms with Gasteiger partial charge in [-0.15, -0.1) is 0 Å². The molecule has 2 aliphatic carbocycles. The van der Waals surface area contributed by atoms with Gasteiger partial charge in [0.15, 0.2) is 0 Å². The van der Waals surface area contributed by atoms with Gasteiger partial charge in [0.25, 0.3) is 5.91 Å². The van der Waals surface area contributed by atoms with Gasteiger partial charge >= 0.3 is 0 Å². The van der Waals surface area contributed by atoms with Crippen molar-refractivity contribution in [1.82, 2.24) is 10.3 Å². The zero-order valence-corrected chi connectivity index (χ0v) is 17.7. The van der Waals surface area contributed by atoms with Crippen molar-refractivity contribution in [2.24, 2.45) is 0 Å². The Hall–Kier alpha value is -2.92. The highest BCUT2D eigenvalue weighted by Crippen LogP contribution is 2.46. The van der Waals surface area contributed by atoms with Gasteiger partial charge < -0.3 is 10.1 Å². The molecule has 1 amide bonds. The average molecular weight is 437 g/mol. The number of nitrogens with one attached hydrogen (secondary N) is 1. The molecule has 5 rings (SSSR count). The lowest BCUT2D eigenvalue weighted by Gasteiger charge is -2.27. The van der Waals surface area contributed by atoms with Crippen LogP contribution in [-0.4, -0.2) is 10.9 Å². The largest absolute Gasteiger partial charge is 0.486 e. The van der Waals surface area contributed by atoms with E-state index in [2.05, 4.69) is 11.4 Å². The minimum absolute atomic E-state index is 0.0623. The summed E-state index contributed by atoms with van der Waals surface area (Å²) in [7, 11) is 0. The van der Waals surface area contributed by atoms with Gasteiger partial charge in [-0.2, -0.15) is 0 Å². The molecule has 2 aliphatic rings. The van der Waals surface area contributed by atoms with E-state index in [1.54, 1.807) is 0 Å². The number of carbonyl (C=O) groups excluding carboxylic acids is 1. The van der Waals surface area contributed by atoms with Gasteiger partial charge in [-0.1, -0.05) is 23.7 Å². The minimum Gasteiger partial charge on any atom is -0.486 e. The molecule has 1 N–H and O–H groups in total. The van der Waals surface area contributed by atoms with Gasteiger partial charge in [0, 0.05) is 21.8 Å². The van der Waals surface area contributed by atoms with E-state index in [9.17, 15) is 9.18 Å². The van der Waals surface area contributed by atoms with Crippen LogP contribution in [0.25, 0.3) is 0 Å². The Kier molecular flexibility index (Phi) is 5.14. The standard InChI is InChI=1S/C25H22ClFN2O2/c26-17-3-1-4-19(15-17)31-22-6-2-5-21-20(22)11-12-23(28-21)25(13-14-25)29-24(30)16-7-9-18(27)10-8-16/h1,3-4,7-12,15,22H,2,5-6,13-14H2,(H,29,30)/t22-/m1/s1. The average Bonchev–Trinajstić information content (AvgIpc) is 3.55. The molecule has 0 spiro atoms. The van der Waals surface area contributed by atoms with E-state index < -0.39 is 5.54 Å². The number of halogens is 2. The van der Waals surface area contributed by atoms with Crippen LogP contribution in [-0.2, 0) is 12.0 Å². The fraction of sp³-hybridized carbons (Fsp3) is 0.280. The molecular formula is C25H22ClFN2O2. The summed E-state index contributed by atoms with van der Waals surface area (Å²) in [6, 6.07) is 17.1. The first kappa shape index (κ1) is 20.0. The summed E-state index contributed by atoms with van der Waals surface area (Å²) in [6.07, 6.45) is 4.42.